The summed E-state index contributed by atoms with van der Waals surface area (Å²) < 4.78 is 12.7. The highest BCUT2D eigenvalue weighted by atomic mass is 127. The van der Waals surface area contributed by atoms with Gasteiger partial charge in [0.05, 0.1) is 13.3 Å². The molecule has 1 amide bonds. The standard InChI is InChI=1S/C20H18IN3O3/c1-26-18-8-12(14-9-19(25)23-20-15(14)10-22-24-20)6-7-17(18)27-11-13-4-2-3-5-16(13)21/h2-8,10,14H,9,11H2,1H3,(H2,22,23,24,25). The molecule has 0 spiro atoms. The van der Waals surface area contributed by atoms with Gasteiger partial charge in [-0.3, -0.25) is 9.89 Å². The summed E-state index contributed by atoms with van der Waals surface area (Å²) >= 11 is 2.30. The van der Waals surface area contributed by atoms with E-state index in [1.54, 1.807) is 13.3 Å². The molecule has 0 saturated carbocycles. The van der Waals surface area contributed by atoms with Gasteiger partial charge in [0, 0.05) is 27.0 Å². The van der Waals surface area contributed by atoms with Crippen LogP contribution in [0.4, 0.5) is 5.82 Å². The quantitative estimate of drug-likeness (QED) is 0.546. The summed E-state index contributed by atoms with van der Waals surface area (Å²) in [7, 11) is 1.62. The van der Waals surface area contributed by atoms with Crippen LogP contribution in [0.3, 0.4) is 0 Å². The van der Waals surface area contributed by atoms with E-state index in [9.17, 15) is 4.79 Å². The highest BCUT2D eigenvalue weighted by molar-refractivity contribution is 14.1. The van der Waals surface area contributed by atoms with Gasteiger partial charge in [-0.05, 0) is 46.4 Å². The maximum atomic E-state index is 12.0. The molecule has 6 nitrogen and oxygen atoms in total. The van der Waals surface area contributed by atoms with Crippen molar-refractivity contribution in [2.45, 2.75) is 18.9 Å². The third-order valence-electron chi connectivity index (χ3n) is 4.63. The Balaban J connectivity index is 1.59. The molecule has 7 heteroatoms. The lowest BCUT2D eigenvalue weighted by Gasteiger charge is -2.23. The highest BCUT2D eigenvalue weighted by Crippen LogP contribution is 2.39. The number of aromatic amines is 1. The Kier molecular flexibility index (Phi) is 5.02. The second-order valence-electron chi connectivity index (χ2n) is 6.30. The van der Waals surface area contributed by atoms with Crippen molar-refractivity contribution in [1.29, 1.82) is 0 Å². The van der Waals surface area contributed by atoms with Crippen molar-refractivity contribution in [2.24, 2.45) is 0 Å². The third kappa shape index (κ3) is 3.64. The minimum absolute atomic E-state index is 0.0327. The summed E-state index contributed by atoms with van der Waals surface area (Å²) in [6.07, 6.45) is 2.13. The number of halogens is 1. The molecule has 0 fully saturated rings. The first-order valence-electron chi connectivity index (χ1n) is 8.53. The molecular weight excluding hydrogens is 457 g/mol. The number of nitrogens with zero attached hydrogens (tertiary/aromatic N) is 1. The smallest absolute Gasteiger partial charge is 0.226 e. The Hall–Kier alpha value is -2.55. The van der Waals surface area contributed by atoms with Crippen LogP contribution in [-0.4, -0.2) is 23.2 Å². The van der Waals surface area contributed by atoms with Crippen LogP contribution in [0.1, 0.15) is 29.0 Å². The fourth-order valence-electron chi connectivity index (χ4n) is 3.23. The van der Waals surface area contributed by atoms with Crippen molar-refractivity contribution in [2.75, 3.05) is 12.4 Å². The van der Waals surface area contributed by atoms with E-state index in [0.717, 1.165) is 20.3 Å². The van der Waals surface area contributed by atoms with Crippen molar-refractivity contribution in [1.82, 2.24) is 10.2 Å². The van der Waals surface area contributed by atoms with E-state index < -0.39 is 0 Å². The number of hydrogen-bond acceptors (Lipinski definition) is 4. The molecule has 2 aromatic carbocycles. The number of hydrogen-bond donors (Lipinski definition) is 2. The van der Waals surface area contributed by atoms with E-state index in [1.807, 2.05) is 36.4 Å². The summed E-state index contributed by atoms with van der Waals surface area (Å²) in [5, 5.41) is 9.69. The maximum Gasteiger partial charge on any atom is 0.226 e. The molecule has 2 heterocycles. The fourth-order valence-corrected chi connectivity index (χ4v) is 3.78. The summed E-state index contributed by atoms with van der Waals surface area (Å²) in [6, 6.07) is 13.9. The Bertz CT molecular complexity index is 986. The number of anilines is 1. The van der Waals surface area contributed by atoms with Gasteiger partial charge in [-0.25, -0.2) is 0 Å². The number of carbonyl (C=O) groups excluding carboxylic acids is 1. The van der Waals surface area contributed by atoms with E-state index in [1.165, 1.54) is 0 Å². The molecular formula is C20H18IN3O3. The number of aromatic nitrogens is 2. The Morgan fingerprint density at radius 1 is 1.22 bits per heavy atom. The van der Waals surface area contributed by atoms with Crippen molar-refractivity contribution < 1.29 is 14.3 Å². The van der Waals surface area contributed by atoms with Gasteiger partial charge < -0.3 is 14.8 Å². The van der Waals surface area contributed by atoms with Gasteiger partial charge in [-0.2, -0.15) is 5.10 Å². The normalized spacial score (nSPS) is 15.8. The van der Waals surface area contributed by atoms with Crippen LogP contribution < -0.4 is 14.8 Å². The van der Waals surface area contributed by atoms with Crippen LogP contribution in [0.5, 0.6) is 11.5 Å². The fraction of sp³-hybridized carbons (Fsp3) is 0.200. The second-order valence-corrected chi connectivity index (χ2v) is 7.46. The number of nitrogens with one attached hydrogen (secondary N) is 2. The molecule has 1 aromatic heterocycles. The van der Waals surface area contributed by atoms with Crippen LogP contribution in [-0.2, 0) is 11.4 Å². The number of fused-ring (bicyclic) bond motifs is 1. The number of carbonyl (C=O) groups is 1. The molecule has 27 heavy (non-hydrogen) atoms. The molecule has 0 bridgehead atoms. The number of benzene rings is 2. The average molecular weight is 475 g/mol. The molecule has 1 atom stereocenters. The first kappa shape index (κ1) is 17.8. The van der Waals surface area contributed by atoms with Crippen molar-refractivity contribution in [3.63, 3.8) is 0 Å². The largest absolute Gasteiger partial charge is 0.493 e. The number of rotatable bonds is 5. The zero-order valence-corrected chi connectivity index (χ0v) is 16.8. The van der Waals surface area contributed by atoms with Gasteiger partial charge in [-0.15, -0.1) is 0 Å². The van der Waals surface area contributed by atoms with E-state index in [2.05, 4.69) is 44.2 Å². The predicted octanol–water partition coefficient (Wildman–Crippen LogP) is 4.08. The van der Waals surface area contributed by atoms with Crippen LogP contribution in [0.15, 0.2) is 48.7 Å². The minimum atomic E-state index is -0.0643. The first-order chi connectivity index (χ1) is 13.2. The average Bonchev–Trinajstić information content (AvgIpc) is 3.15. The molecule has 4 rings (SSSR count). The van der Waals surface area contributed by atoms with Gasteiger partial charge in [-0.1, -0.05) is 24.3 Å². The van der Waals surface area contributed by atoms with E-state index in [4.69, 9.17) is 9.47 Å². The van der Waals surface area contributed by atoms with Crippen LogP contribution in [0, 0.1) is 3.57 Å². The molecule has 0 saturated heterocycles. The summed E-state index contributed by atoms with van der Waals surface area (Å²) in [6.45, 7) is 0.465. The SMILES string of the molecule is COc1cc(C2CC(=O)Nc3[nH]ncc32)ccc1OCc1ccccc1I. The van der Waals surface area contributed by atoms with E-state index in [0.29, 0.717) is 30.3 Å². The molecule has 1 aliphatic rings. The molecule has 3 aromatic rings. The summed E-state index contributed by atoms with van der Waals surface area (Å²) in [5.41, 5.74) is 3.09. The lowest BCUT2D eigenvalue weighted by Crippen LogP contribution is -2.23. The highest BCUT2D eigenvalue weighted by Gasteiger charge is 2.28. The van der Waals surface area contributed by atoms with Crippen LogP contribution in [0.25, 0.3) is 0 Å². The Morgan fingerprint density at radius 2 is 2.07 bits per heavy atom. The van der Waals surface area contributed by atoms with Crippen LogP contribution in [0.2, 0.25) is 0 Å². The van der Waals surface area contributed by atoms with Crippen molar-refractivity contribution in [3.8, 4) is 11.5 Å². The number of ether oxygens (including phenoxy) is 2. The molecule has 1 aliphatic heterocycles. The summed E-state index contributed by atoms with van der Waals surface area (Å²) in [5.74, 6) is 1.89. The van der Waals surface area contributed by atoms with Crippen molar-refractivity contribution in [3.05, 3.63) is 68.9 Å². The lowest BCUT2D eigenvalue weighted by atomic mass is 9.87. The van der Waals surface area contributed by atoms with Gasteiger partial charge in [0.1, 0.15) is 12.4 Å². The minimum Gasteiger partial charge on any atom is -0.493 e. The van der Waals surface area contributed by atoms with Gasteiger partial charge in [0.25, 0.3) is 0 Å². The Morgan fingerprint density at radius 3 is 2.89 bits per heavy atom. The Labute approximate surface area is 170 Å². The van der Waals surface area contributed by atoms with Gasteiger partial charge in [0.15, 0.2) is 11.5 Å². The van der Waals surface area contributed by atoms with Crippen LogP contribution >= 0.6 is 22.6 Å². The van der Waals surface area contributed by atoms with Gasteiger partial charge >= 0.3 is 0 Å². The summed E-state index contributed by atoms with van der Waals surface area (Å²) in [4.78, 5) is 12.0. The first-order valence-corrected chi connectivity index (χ1v) is 9.61. The molecule has 1 unspecified atom stereocenters. The maximum absolute atomic E-state index is 12.0. The molecule has 0 aliphatic carbocycles. The topological polar surface area (TPSA) is 76.2 Å². The van der Waals surface area contributed by atoms with E-state index in [-0.39, 0.29) is 11.8 Å². The number of methoxy groups -OCH3 is 1. The molecule has 2 N–H and O–H groups in total. The number of amides is 1. The third-order valence-corrected chi connectivity index (χ3v) is 5.68. The lowest BCUT2D eigenvalue weighted by molar-refractivity contribution is -0.116. The zero-order valence-electron chi connectivity index (χ0n) is 14.7. The molecule has 0 radical (unpaired) electrons. The van der Waals surface area contributed by atoms with Crippen molar-refractivity contribution >= 4 is 34.3 Å². The van der Waals surface area contributed by atoms with Gasteiger partial charge in [0.2, 0.25) is 5.91 Å². The monoisotopic (exact) mass is 475 g/mol. The molecule has 138 valence electrons. The second kappa shape index (κ2) is 7.59. The zero-order chi connectivity index (χ0) is 18.8. The number of H-pyrrole nitrogens is 1. The van der Waals surface area contributed by atoms with E-state index >= 15 is 0 Å². The predicted molar refractivity (Wildman–Crippen MR) is 110 cm³/mol.